The molecular formula is C22H21F2N7O. The van der Waals surface area contributed by atoms with Crippen LogP contribution in [0.4, 0.5) is 14.7 Å². The van der Waals surface area contributed by atoms with Gasteiger partial charge in [0.2, 0.25) is 5.95 Å². The third-order valence-corrected chi connectivity index (χ3v) is 5.38. The standard InChI is InChI=1S/C22H21F2N7O/c23-21(24)32-18-4-2-1-3-15(18)11-20-29-28-19-6-5-16(14-31(19)20)17-12-26-22(27-13-17)30-9-7-25-8-10-30/h1-6,12-14,21,25H,7-11H2. The average molecular weight is 437 g/mol. The number of hydrogen-bond acceptors (Lipinski definition) is 7. The first kappa shape index (κ1) is 20.3. The minimum atomic E-state index is -2.89. The Morgan fingerprint density at radius 2 is 1.75 bits per heavy atom. The molecule has 1 fully saturated rings. The summed E-state index contributed by atoms with van der Waals surface area (Å²) in [5.41, 5.74) is 3.04. The van der Waals surface area contributed by atoms with E-state index in [4.69, 9.17) is 0 Å². The number of nitrogens with one attached hydrogen (secondary N) is 1. The van der Waals surface area contributed by atoms with Crippen LogP contribution in [0.25, 0.3) is 16.8 Å². The molecule has 1 aromatic carbocycles. The van der Waals surface area contributed by atoms with Crippen molar-refractivity contribution in [3.8, 4) is 16.9 Å². The van der Waals surface area contributed by atoms with E-state index in [1.165, 1.54) is 6.07 Å². The highest BCUT2D eigenvalue weighted by Crippen LogP contribution is 2.25. The highest BCUT2D eigenvalue weighted by Gasteiger charge is 2.15. The zero-order valence-electron chi connectivity index (χ0n) is 17.2. The fourth-order valence-electron chi connectivity index (χ4n) is 3.76. The molecule has 0 spiro atoms. The predicted octanol–water partition coefficient (Wildman–Crippen LogP) is 2.79. The third-order valence-electron chi connectivity index (χ3n) is 5.38. The zero-order valence-corrected chi connectivity index (χ0v) is 17.2. The number of hydrogen-bond donors (Lipinski definition) is 1. The number of rotatable bonds is 6. The molecule has 1 aliphatic heterocycles. The second-order valence-electron chi connectivity index (χ2n) is 7.43. The fourth-order valence-corrected chi connectivity index (χ4v) is 3.76. The topological polar surface area (TPSA) is 80.5 Å². The average Bonchev–Trinajstić information content (AvgIpc) is 3.23. The van der Waals surface area contributed by atoms with Crippen molar-refractivity contribution in [2.45, 2.75) is 13.0 Å². The van der Waals surface area contributed by atoms with E-state index in [1.807, 2.05) is 22.7 Å². The van der Waals surface area contributed by atoms with Crippen LogP contribution in [0.3, 0.4) is 0 Å². The molecule has 4 heterocycles. The number of benzene rings is 1. The van der Waals surface area contributed by atoms with Crippen LogP contribution in [-0.4, -0.2) is 57.4 Å². The Morgan fingerprint density at radius 3 is 2.53 bits per heavy atom. The Balaban J connectivity index is 1.42. The number of pyridine rings is 1. The van der Waals surface area contributed by atoms with Crippen LogP contribution >= 0.6 is 0 Å². The van der Waals surface area contributed by atoms with Gasteiger partial charge < -0.3 is 15.0 Å². The molecule has 4 aromatic rings. The molecule has 8 nitrogen and oxygen atoms in total. The SMILES string of the molecule is FC(F)Oc1ccccc1Cc1nnc2ccc(-c3cnc(N4CCNCC4)nc3)cn12. The molecule has 0 atom stereocenters. The first-order valence-electron chi connectivity index (χ1n) is 10.3. The minimum absolute atomic E-state index is 0.132. The van der Waals surface area contributed by atoms with Crippen molar-refractivity contribution in [2.24, 2.45) is 0 Å². The molecule has 0 aliphatic carbocycles. The molecule has 0 saturated carbocycles. The van der Waals surface area contributed by atoms with Crippen LogP contribution in [0.15, 0.2) is 55.0 Å². The monoisotopic (exact) mass is 437 g/mol. The van der Waals surface area contributed by atoms with E-state index >= 15 is 0 Å². The highest BCUT2D eigenvalue weighted by atomic mass is 19.3. The van der Waals surface area contributed by atoms with E-state index in [9.17, 15) is 8.78 Å². The molecule has 1 saturated heterocycles. The maximum absolute atomic E-state index is 12.7. The van der Waals surface area contributed by atoms with Crippen LogP contribution < -0.4 is 15.0 Å². The molecular weight excluding hydrogens is 416 g/mol. The van der Waals surface area contributed by atoms with Gasteiger partial charge in [-0.15, -0.1) is 10.2 Å². The Labute approximate surface area is 182 Å². The zero-order chi connectivity index (χ0) is 21.9. The van der Waals surface area contributed by atoms with Gasteiger partial charge in [-0.3, -0.25) is 4.40 Å². The van der Waals surface area contributed by atoms with E-state index in [0.717, 1.165) is 43.3 Å². The molecule has 3 aromatic heterocycles. The molecule has 5 rings (SSSR count). The summed E-state index contributed by atoms with van der Waals surface area (Å²) in [6.07, 6.45) is 5.82. The van der Waals surface area contributed by atoms with Gasteiger partial charge in [0, 0.05) is 67.9 Å². The number of anilines is 1. The highest BCUT2D eigenvalue weighted by molar-refractivity contribution is 5.63. The Morgan fingerprint density at radius 1 is 0.969 bits per heavy atom. The number of aromatic nitrogens is 5. The van der Waals surface area contributed by atoms with Crippen molar-refractivity contribution in [2.75, 3.05) is 31.1 Å². The lowest BCUT2D eigenvalue weighted by Gasteiger charge is -2.27. The number of para-hydroxylation sites is 1. The molecule has 1 N–H and O–H groups in total. The lowest BCUT2D eigenvalue weighted by Crippen LogP contribution is -2.44. The van der Waals surface area contributed by atoms with Gasteiger partial charge in [0.25, 0.3) is 0 Å². The van der Waals surface area contributed by atoms with Gasteiger partial charge >= 0.3 is 6.61 Å². The summed E-state index contributed by atoms with van der Waals surface area (Å²) in [6.45, 7) is 0.716. The quantitative estimate of drug-likeness (QED) is 0.497. The third kappa shape index (κ3) is 4.22. The second kappa shape index (κ2) is 8.83. The van der Waals surface area contributed by atoms with Gasteiger partial charge in [-0.1, -0.05) is 18.2 Å². The number of piperazine rings is 1. The largest absolute Gasteiger partial charge is 0.435 e. The summed E-state index contributed by atoms with van der Waals surface area (Å²) in [7, 11) is 0. The van der Waals surface area contributed by atoms with Crippen molar-refractivity contribution in [1.82, 2.24) is 29.9 Å². The van der Waals surface area contributed by atoms with E-state index in [2.05, 4.69) is 35.1 Å². The number of halogens is 2. The molecule has 10 heteroatoms. The normalized spacial score (nSPS) is 14.3. The van der Waals surface area contributed by atoms with Crippen LogP contribution in [0.1, 0.15) is 11.4 Å². The predicted molar refractivity (Wildman–Crippen MR) is 115 cm³/mol. The number of fused-ring (bicyclic) bond motifs is 1. The number of ether oxygens (including phenoxy) is 1. The van der Waals surface area contributed by atoms with Gasteiger partial charge in [-0.2, -0.15) is 8.78 Å². The van der Waals surface area contributed by atoms with Crippen molar-refractivity contribution in [3.05, 3.63) is 66.4 Å². The van der Waals surface area contributed by atoms with Crippen LogP contribution in [-0.2, 0) is 6.42 Å². The van der Waals surface area contributed by atoms with Gasteiger partial charge in [0.15, 0.2) is 5.65 Å². The fraction of sp³-hybridized carbons (Fsp3) is 0.273. The molecule has 1 aliphatic rings. The van der Waals surface area contributed by atoms with Gasteiger partial charge in [0.05, 0.1) is 0 Å². The Hall–Kier alpha value is -3.66. The molecule has 0 bridgehead atoms. The van der Waals surface area contributed by atoms with Gasteiger partial charge in [0.1, 0.15) is 11.6 Å². The second-order valence-corrected chi connectivity index (χ2v) is 7.43. The Kier molecular flexibility index (Phi) is 5.59. The number of alkyl halides is 2. The van der Waals surface area contributed by atoms with Crippen molar-refractivity contribution in [3.63, 3.8) is 0 Å². The first-order valence-corrected chi connectivity index (χ1v) is 10.3. The van der Waals surface area contributed by atoms with Crippen LogP contribution in [0.5, 0.6) is 5.75 Å². The van der Waals surface area contributed by atoms with E-state index in [-0.39, 0.29) is 5.75 Å². The molecule has 164 valence electrons. The van der Waals surface area contributed by atoms with E-state index in [0.29, 0.717) is 23.5 Å². The van der Waals surface area contributed by atoms with Gasteiger partial charge in [-0.05, 0) is 18.2 Å². The number of nitrogens with zero attached hydrogens (tertiary/aromatic N) is 6. The molecule has 0 unspecified atom stereocenters. The smallest absolute Gasteiger partial charge is 0.387 e. The summed E-state index contributed by atoms with van der Waals surface area (Å²) >= 11 is 0. The summed E-state index contributed by atoms with van der Waals surface area (Å²) in [5.74, 6) is 1.47. The van der Waals surface area contributed by atoms with Crippen LogP contribution in [0, 0.1) is 0 Å². The lowest BCUT2D eigenvalue weighted by molar-refractivity contribution is -0.0504. The lowest BCUT2D eigenvalue weighted by atomic mass is 10.1. The first-order chi connectivity index (χ1) is 15.7. The maximum atomic E-state index is 12.7. The van der Waals surface area contributed by atoms with Crippen LogP contribution in [0.2, 0.25) is 0 Å². The van der Waals surface area contributed by atoms with Crippen molar-refractivity contribution >= 4 is 11.6 Å². The minimum Gasteiger partial charge on any atom is -0.435 e. The molecule has 0 radical (unpaired) electrons. The van der Waals surface area contributed by atoms with Gasteiger partial charge in [-0.25, -0.2) is 9.97 Å². The summed E-state index contributed by atoms with van der Waals surface area (Å²) in [6, 6.07) is 10.5. The Bertz CT molecular complexity index is 1210. The molecule has 32 heavy (non-hydrogen) atoms. The van der Waals surface area contributed by atoms with Crippen molar-refractivity contribution < 1.29 is 13.5 Å². The molecule has 0 amide bonds. The summed E-state index contributed by atoms with van der Waals surface area (Å²) in [4.78, 5) is 11.2. The summed E-state index contributed by atoms with van der Waals surface area (Å²) in [5, 5.41) is 11.8. The summed E-state index contributed by atoms with van der Waals surface area (Å²) < 4.78 is 32.0. The van der Waals surface area contributed by atoms with Crippen molar-refractivity contribution in [1.29, 1.82) is 0 Å². The maximum Gasteiger partial charge on any atom is 0.387 e. The van der Waals surface area contributed by atoms with E-state index in [1.54, 1.807) is 30.6 Å². The van der Waals surface area contributed by atoms with E-state index < -0.39 is 6.61 Å².